The van der Waals surface area contributed by atoms with E-state index in [1.54, 1.807) is 6.07 Å². The molecule has 1 aliphatic rings. The maximum Gasteiger partial charge on any atom is 0.223 e. The summed E-state index contributed by atoms with van der Waals surface area (Å²) in [5, 5.41) is 0. The number of hydrogen-bond donors (Lipinski definition) is 1. The van der Waals surface area contributed by atoms with Gasteiger partial charge >= 0.3 is 0 Å². The van der Waals surface area contributed by atoms with Crippen molar-refractivity contribution in [2.45, 2.75) is 32.8 Å². The van der Waals surface area contributed by atoms with Crippen LogP contribution in [-0.2, 0) is 16.0 Å². The number of benzene rings is 1. The molecule has 3 heterocycles. The van der Waals surface area contributed by atoms with Crippen LogP contribution in [0.15, 0.2) is 42.5 Å². The van der Waals surface area contributed by atoms with Crippen molar-refractivity contribution >= 4 is 11.9 Å². The van der Waals surface area contributed by atoms with Crippen LogP contribution < -0.4 is 5.73 Å². The van der Waals surface area contributed by atoms with Crippen molar-refractivity contribution in [3.05, 3.63) is 70.9 Å². The molecule has 0 saturated carbocycles. The van der Waals surface area contributed by atoms with Crippen LogP contribution in [-0.4, -0.2) is 45.5 Å². The number of nitrogens with zero attached hydrogens (tertiary/aromatic N) is 4. The van der Waals surface area contributed by atoms with Crippen molar-refractivity contribution in [1.82, 2.24) is 19.9 Å². The highest BCUT2D eigenvalue weighted by Crippen LogP contribution is 2.25. The molecule has 3 aromatic rings. The summed E-state index contributed by atoms with van der Waals surface area (Å²) in [6, 6.07) is 11.9. The minimum atomic E-state index is -0.329. The van der Waals surface area contributed by atoms with Crippen molar-refractivity contribution in [2.75, 3.05) is 25.4 Å². The summed E-state index contributed by atoms with van der Waals surface area (Å²) in [5.74, 6) is -0.00773. The zero-order chi connectivity index (χ0) is 22.7. The number of aromatic nitrogens is 3. The number of carbonyl (C=O) groups is 1. The van der Waals surface area contributed by atoms with Gasteiger partial charge in [-0.3, -0.25) is 4.79 Å². The van der Waals surface area contributed by atoms with Gasteiger partial charge in [0.05, 0.1) is 24.5 Å². The van der Waals surface area contributed by atoms with E-state index in [-0.39, 0.29) is 23.8 Å². The second kappa shape index (κ2) is 9.40. The quantitative estimate of drug-likeness (QED) is 0.660. The third kappa shape index (κ3) is 4.91. The molecular weight excluding hydrogens is 409 g/mol. The van der Waals surface area contributed by atoms with Crippen LogP contribution in [0.3, 0.4) is 0 Å². The average Bonchev–Trinajstić information content (AvgIpc) is 2.78. The maximum absolute atomic E-state index is 13.6. The third-order valence-electron chi connectivity index (χ3n) is 5.67. The van der Waals surface area contributed by atoms with E-state index >= 15 is 0 Å². The van der Waals surface area contributed by atoms with Gasteiger partial charge in [0.15, 0.2) is 0 Å². The molecule has 4 rings (SSSR count). The van der Waals surface area contributed by atoms with E-state index in [1.165, 1.54) is 12.1 Å². The fraction of sp³-hybridized carbons (Fsp3) is 0.333. The lowest BCUT2D eigenvalue weighted by Gasteiger charge is -2.33. The lowest BCUT2D eigenvalue weighted by atomic mass is 10.1. The summed E-state index contributed by atoms with van der Waals surface area (Å²) in [6.07, 6.45) is 0.592. The fourth-order valence-corrected chi connectivity index (χ4v) is 4.01. The molecule has 1 amide bonds. The van der Waals surface area contributed by atoms with Gasteiger partial charge in [-0.25, -0.2) is 19.3 Å². The number of amides is 1. The Hall–Kier alpha value is -3.39. The molecule has 2 aromatic heterocycles. The number of pyridine rings is 1. The van der Waals surface area contributed by atoms with Crippen LogP contribution in [0, 0.1) is 19.7 Å². The molecule has 0 bridgehead atoms. The van der Waals surface area contributed by atoms with E-state index in [0.29, 0.717) is 43.8 Å². The van der Waals surface area contributed by atoms with E-state index in [1.807, 2.05) is 43.0 Å². The predicted octanol–water partition coefficient (Wildman–Crippen LogP) is 3.41. The Morgan fingerprint density at radius 3 is 2.66 bits per heavy atom. The number of halogens is 1. The molecule has 1 fully saturated rings. The third-order valence-corrected chi connectivity index (χ3v) is 5.67. The number of aryl methyl sites for hydroxylation is 2. The SMILES string of the molecule is Cc1nc(N)nc(C)c1CCC(=O)N1CCO[C@H](c2cccc(-c3cccc(F)c3)n2)C1. The molecule has 0 unspecified atom stereocenters. The second-order valence-electron chi connectivity index (χ2n) is 7.89. The molecular formula is C24H26FN5O2. The van der Waals surface area contributed by atoms with Crippen LogP contribution in [0.5, 0.6) is 0 Å². The van der Waals surface area contributed by atoms with Crippen LogP contribution >= 0.6 is 0 Å². The average molecular weight is 436 g/mol. The predicted molar refractivity (Wildman–Crippen MR) is 119 cm³/mol. The maximum atomic E-state index is 13.6. The van der Waals surface area contributed by atoms with E-state index in [0.717, 1.165) is 22.6 Å². The lowest BCUT2D eigenvalue weighted by Crippen LogP contribution is -2.42. The molecule has 0 aliphatic carbocycles. The minimum absolute atomic E-state index is 0.0511. The molecule has 1 aromatic carbocycles. The first-order valence-electron chi connectivity index (χ1n) is 10.6. The monoisotopic (exact) mass is 435 g/mol. The smallest absolute Gasteiger partial charge is 0.223 e. The lowest BCUT2D eigenvalue weighted by molar-refractivity contribution is -0.139. The number of rotatable bonds is 5. The first-order chi connectivity index (χ1) is 15.4. The number of morpholine rings is 1. The number of nitrogens with two attached hydrogens (primary N) is 1. The Morgan fingerprint density at radius 2 is 1.91 bits per heavy atom. The van der Waals surface area contributed by atoms with E-state index in [9.17, 15) is 9.18 Å². The highest BCUT2D eigenvalue weighted by Gasteiger charge is 2.26. The van der Waals surface area contributed by atoms with Gasteiger partial charge in [-0.1, -0.05) is 18.2 Å². The highest BCUT2D eigenvalue weighted by molar-refractivity contribution is 5.76. The molecule has 7 nitrogen and oxygen atoms in total. The number of anilines is 1. The van der Waals surface area contributed by atoms with Gasteiger partial charge in [-0.2, -0.15) is 0 Å². The Bertz CT molecular complexity index is 1110. The number of nitrogen functional groups attached to an aromatic ring is 1. The van der Waals surface area contributed by atoms with Crippen LogP contribution in [0.4, 0.5) is 10.3 Å². The molecule has 0 spiro atoms. The summed E-state index contributed by atoms with van der Waals surface area (Å²) in [7, 11) is 0. The second-order valence-corrected chi connectivity index (χ2v) is 7.89. The summed E-state index contributed by atoms with van der Waals surface area (Å²) in [6.45, 7) is 5.16. The molecule has 1 atom stereocenters. The topological polar surface area (TPSA) is 94.2 Å². The van der Waals surface area contributed by atoms with Crippen molar-refractivity contribution in [1.29, 1.82) is 0 Å². The van der Waals surface area contributed by atoms with Crippen molar-refractivity contribution < 1.29 is 13.9 Å². The number of carbonyl (C=O) groups excluding carboxylic acids is 1. The number of hydrogen-bond acceptors (Lipinski definition) is 6. The van der Waals surface area contributed by atoms with Crippen LogP contribution in [0.1, 0.15) is 35.2 Å². The van der Waals surface area contributed by atoms with Gasteiger partial charge in [0.1, 0.15) is 11.9 Å². The first-order valence-corrected chi connectivity index (χ1v) is 10.6. The number of ether oxygens (including phenoxy) is 1. The normalized spacial score (nSPS) is 16.2. The Morgan fingerprint density at radius 1 is 1.16 bits per heavy atom. The Balaban J connectivity index is 1.43. The van der Waals surface area contributed by atoms with Gasteiger partial charge in [0.2, 0.25) is 11.9 Å². The molecule has 8 heteroatoms. The van der Waals surface area contributed by atoms with Gasteiger partial charge in [0, 0.05) is 29.9 Å². The summed E-state index contributed by atoms with van der Waals surface area (Å²) >= 11 is 0. The molecule has 2 N–H and O–H groups in total. The molecule has 1 saturated heterocycles. The molecule has 32 heavy (non-hydrogen) atoms. The summed E-state index contributed by atoms with van der Waals surface area (Å²) in [5.41, 5.74) is 10.4. The van der Waals surface area contributed by atoms with Gasteiger partial charge in [-0.05, 0) is 50.1 Å². The minimum Gasteiger partial charge on any atom is -0.368 e. The Labute approximate surface area is 186 Å². The molecule has 1 aliphatic heterocycles. The fourth-order valence-electron chi connectivity index (χ4n) is 4.01. The Kier molecular flexibility index (Phi) is 6.41. The van der Waals surface area contributed by atoms with Crippen molar-refractivity contribution in [2.24, 2.45) is 0 Å². The summed E-state index contributed by atoms with van der Waals surface area (Å²) < 4.78 is 19.5. The van der Waals surface area contributed by atoms with Crippen molar-refractivity contribution in [3.8, 4) is 11.3 Å². The van der Waals surface area contributed by atoms with Gasteiger partial charge in [-0.15, -0.1) is 0 Å². The van der Waals surface area contributed by atoms with E-state index in [2.05, 4.69) is 15.0 Å². The largest absolute Gasteiger partial charge is 0.368 e. The van der Waals surface area contributed by atoms with Gasteiger partial charge < -0.3 is 15.4 Å². The van der Waals surface area contributed by atoms with E-state index in [4.69, 9.17) is 10.5 Å². The zero-order valence-corrected chi connectivity index (χ0v) is 18.2. The zero-order valence-electron chi connectivity index (χ0n) is 18.2. The van der Waals surface area contributed by atoms with Crippen LogP contribution in [0.25, 0.3) is 11.3 Å². The standard InChI is InChI=1S/C24H26FN5O2/c1-15-19(16(2)28-24(26)27-15)9-10-23(31)30-11-12-32-22(14-30)21-8-4-7-20(29-21)17-5-3-6-18(25)13-17/h3-8,13,22H,9-12,14H2,1-2H3,(H2,26,27,28)/t22-/m0/s1. The highest BCUT2D eigenvalue weighted by atomic mass is 19.1. The van der Waals surface area contributed by atoms with Gasteiger partial charge in [0.25, 0.3) is 0 Å². The van der Waals surface area contributed by atoms with E-state index < -0.39 is 0 Å². The molecule has 166 valence electrons. The van der Waals surface area contributed by atoms with Crippen molar-refractivity contribution in [3.63, 3.8) is 0 Å². The summed E-state index contributed by atoms with van der Waals surface area (Å²) in [4.78, 5) is 27.8. The first kappa shape index (κ1) is 21.8. The van der Waals surface area contributed by atoms with Crippen LogP contribution in [0.2, 0.25) is 0 Å². The molecule has 0 radical (unpaired) electrons.